The Balaban J connectivity index is 1.58. The molecule has 1 aromatic heterocycles. The SMILES string of the molecule is O=C([C@@H](c1ccc(F)cc1)N1CCCCC1)N1Cc2cnn(CCO)c2C1. The minimum Gasteiger partial charge on any atom is -0.394 e. The molecule has 0 bridgehead atoms. The number of likely N-dealkylation sites (tertiary alicyclic amines) is 1. The van der Waals surface area contributed by atoms with E-state index >= 15 is 0 Å². The van der Waals surface area contributed by atoms with E-state index in [-0.39, 0.29) is 24.4 Å². The number of rotatable bonds is 5. The van der Waals surface area contributed by atoms with Crippen LogP contribution in [-0.2, 0) is 24.4 Å². The van der Waals surface area contributed by atoms with Gasteiger partial charge in [0.1, 0.15) is 11.9 Å². The van der Waals surface area contributed by atoms with Crippen molar-refractivity contribution in [2.45, 2.75) is 44.9 Å². The van der Waals surface area contributed by atoms with E-state index in [1.807, 2.05) is 4.90 Å². The molecule has 2 aliphatic rings. The van der Waals surface area contributed by atoms with Gasteiger partial charge in [0.2, 0.25) is 5.91 Å². The molecule has 6 nitrogen and oxygen atoms in total. The summed E-state index contributed by atoms with van der Waals surface area (Å²) >= 11 is 0. The summed E-state index contributed by atoms with van der Waals surface area (Å²) in [4.78, 5) is 17.6. The van der Waals surface area contributed by atoms with Crippen LogP contribution in [0.1, 0.15) is 42.1 Å². The number of aliphatic hydroxyl groups excluding tert-OH is 1. The Morgan fingerprint density at radius 3 is 2.59 bits per heavy atom. The molecule has 0 saturated carbocycles. The molecule has 0 spiro atoms. The van der Waals surface area contributed by atoms with Crippen LogP contribution in [0.2, 0.25) is 0 Å². The molecule has 1 fully saturated rings. The number of nitrogens with zero attached hydrogens (tertiary/aromatic N) is 4. The molecule has 1 saturated heterocycles. The molecule has 1 amide bonds. The first-order valence-corrected chi connectivity index (χ1v) is 9.60. The molecule has 1 atom stereocenters. The molecule has 27 heavy (non-hydrogen) atoms. The molecule has 144 valence electrons. The Bertz CT molecular complexity index is 799. The summed E-state index contributed by atoms with van der Waals surface area (Å²) in [6.07, 6.45) is 5.13. The lowest BCUT2D eigenvalue weighted by atomic mass is 10.0. The van der Waals surface area contributed by atoms with Crippen LogP contribution in [0.4, 0.5) is 4.39 Å². The van der Waals surface area contributed by atoms with Gasteiger partial charge in [-0.25, -0.2) is 4.39 Å². The second-order valence-electron chi connectivity index (χ2n) is 7.31. The summed E-state index contributed by atoms with van der Waals surface area (Å²) in [7, 11) is 0. The number of amides is 1. The van der Waals surface area contributed by atoms with E-state index in [4.69, 9.17) is 0 Å². The van der Waals surface area contributed by atoms with Gasteiger partial charge in [-0.1, -0.05) is 18.6 Å². The molecule has 0 aliphatic carbocycles. The molecule has 1 N–H and O–H groups in total. The number of aliphatic hydroxyl groups is 1. The maximum atomic E-state index is 13.5. The molecule has 1 aromatic carbocycles. The maximum absolute atomic E-state index is 13.5. The van der Waals surface area contributed by atoms with Gasteiger partial charge in [-0.05, 0) is 43.6 Å². The van der Waals surface area contributed by atoms with Crippen molar-refractivity contribution in [2.24, 2.45) is 0 Å². The molecule has 2 aromatic rings. The van der Waals surface area contributed by atoms with Gasteiger partial charge in [-0.3, -0.25) is 14.4 Å². The van der Waals surface area contributed by atoms with E-state index in [1.54, 1.807) is 23.0 Å². The Morgan fingerprint density at radius 1 is 1.15 bits per heavy atom. The number of fused-ring (bicyclic) bond motifs is 1. The molecule has 7 heteroatoms. The van der Waals surface area contributed by atoms with Crippen LogP contribution in [0.15, 0.2) is 30.5 Å². The quantitative estimate of drug-likeness (QED) is 0.873. The van der Waals surface area contributed by atoms with Gasteiger partial charge in [-0.2, -0.15) is 5.10 Å². The van der Waals surface area contributed by atoms with Crippen LogP contribution < -0.4 is 0 Å². The predicted molar refractivity (Wildman–Crippen MR) is 98.1 cm³/mol. The van der Waals surface area contributed by atoms with Crippen molar-refractivity contribution >= 4 is 5.91 Å². The fourth-order valence-electron chi connectivity index (χ4n) is 4.15. The third-order valence-corrected chi connectivity index (χ3v) is 5.54. The zero-order chi connectivity index (χ0) is 18.8. The third-order valence-electron chi connectivity index (χ3n) is 5.54. The van der Waals surface area contributed by atoms with Crippen molar-refractivity contribution in [1.82, 2.24) is 19.6 Å². The zero-order valence-corrected chi connectivity index (χ0v) is 15.4. The van der Waals surface area contributed by atoms with Gasteiger partial charge < -0.3 is 10.0 Å². The van der Waals surface area contributed by atoms with Gasteiger partial charge in [0.05, 0.1) is 31.6 Å². The first kappa shape index (κ1) is 18.1. The monoisotopic (exact) mass is 372 g/mol. The molecular formula is C20H25FN4O2. The molecular weight excluding hydrogens is 347 g/mol. The summed E-state index contributed by atoms with van der Waals surface area (Å²) in [6.45, 7) is 3.25. The summed E-state index contributed by atoms with van der Waals surface area (Å²) in [5.41, 5.74) is 2.87. The van der Waals surface area contributed by atoms with Crippen molar-refractivity contribution in [3.05, 3.63) is 53.1 Å². The molecule has 3 heterocycles. The zero-order valence-electron chi connectivity index (χ0n) is 15.4. The summed E-state index contributed by atoms with van der Waals surface area (Å²) in [5, 5.41) is 13.5. The van der Waals surface area contributed by atoms with Gasteiger partial charge >= 0.3 is 0 Å². The number of carbonyl (C=O) groups excluding carboxylic acids is 1. The van der Waals surface area contributed by atoms with E-state index in [9.17, 15) is 14.3 Å². The Morgan fingerprint density at radius 2 is 1.89 bits per heavy atom. The van der Waals surface area contributed by atoms with Gasteiger partial charge in [0.25, 0.3) is 0 Å². The highest BCUT2D eigenvalue weighted by atomic mass is 19.1. The van der Waals surface area contributed by atoms with Gasteiger partial charge in [-0.15, -0.1) is 0 Å². The van der Waals surface area contributed by atoms with Gasteiger partial charge in [0, 0.05) is 12.1 Å². The van der Waals surface area contributed by atoms with Crippen LogP contribution in [0.25, 0.3) is 0 Å². The lowest BCUT2D eigenvalue weighted by molar-refractivity contribution is -0.138. The Kier molecular flexibility index (Phi) is 5.22. The van der Waals surface area contributed by atoms with Crippen molar-refractivity contribution in [3.63, 3.8) is 0 Å². The fourth-order valence-corrected chi connectivity index (χ4v) is 4.15. The first-order chi connectivity index (χ1) is 13.2. The van der Waals surface area contributed by atoms with Gasteiger partial charge in [0.15, 0.2) is 0 Å². The minimum absolute atomic E-state index is 0.0219. The smallest absolute Gasteiger partial charge is 0.245 e. The summed E-state index contributed by atoms with van der Waals surface area (Å²) in [5.74, 6) is -0.239. The van der Waals surface area contributed by atoms with Crippen molar-refractivity contribution in [1.29, 1.82) is 0 Å². The molecule has 0 unspecified atom stereocenters. The van der Waals surface area contributed by atoms with Crippen molar-refractivity contribution in [3.8, 4) is 0 Å². The van der Waals surface area contributed by atoms with Crippen LogP contribution in [0.5, 0.6) is 0 Å². The third kappa shape index (κ3) is 3.61. The normalized spacial score (nSPS) is 18.5. The van der Waals surface area contributed by atoms with Crippen LogP contribution >= 0.6 is 0 Å². The standard InChI is InChI=1S/C20H25FN4O2/c21-17-6-4-15(5-7-17)19(23-8-2-1-3-9-23)20(27)24-13-16-12-22-25(10-11-26)18(16)14-24/h4-7,12,19,26H,1-3,8-11,13-14H2/t19-/m1/s1. The summed E-state index contributed by atoms with van der Waals surface area (Å²) < 4.78 is 15.2. The highest BCUT2D eigenvalue weighted by Crippen LogP contribution is 2.31. The van der Waals surface area contributed by atoms with Crippen LogP contribution in [-0.4, -0.2) is 50.3 Å². The van der Waals surface area contributed by atoms with E-state index in [2.05, 4.69) is 10.00 Å². The van der Waals surface area contributed by atoms with Crippen molar-refractivity contribution in [2.75, 3.05) is 19.7 Å². The van der Waals surface area contributed by atoms with Crippen LogP contribution in [0, 0.1) is 5.82 Å². The topological polar surface area (TPSA) is 61.6 Å². The second-order valence-corrected chi connectivity index (χ2v) is 7.31. The Hall–Kier alpha value is -2.25. The highest BCUT2D eigenvalue weighted by molar-refractivity contribution is 5.84. The number of halogens is 1. The Labute approximate surface area is 158 Å². The number of aromatic nitrogens is 2. The average Bonchev–Trinajstić information content (AvgIpc) is 3.27. The second kappa shape index (κ2) is 7.78. The lowest BCUT2D eigenvalue weighted by Gasteiger charge is -2.36. The van der Waals surface area contributed by atoms with E-state index in [1.165, 1.54) is 18.6 Å². The minimum atomic E-state index is -0.380. The molecule has 0 radical (unpaired) electrons. The molecule has 4 rings (SSSR count). The fraction of sp³-hybridized carbons (Fsp3) is 0.500. The number of benzene rings is 1. The average molecular weight is 372 g/mol. The van der Waals surface area contributed by atoms with Crippen LogP contribution in [0.3, 0.4) is 0 Å². The molecule has 2 aliphatic heterocycles. The number of piperidine rings is 1. The van der Waals surface area contributed by atoms with E-state index in [0.717, 1.165) is 42.8 Å². The van der Waals surface area contributed by atoms with Crippen molar-refractivity contribution < 1.29 is 14.3 Å². The summed E-state index contributed by atoms with van der Waals surface area (Å²) in [6, 6.07) is 5.93. The predicted octanol–water partition coefficient (Wildman–Crippen LogP) is 2.08. The largest absolute Gasteiger partial charge is 0.394 e. The van der Waals surface area contributed by atoms with E-state index < -0.39 is 0 Å². The van der Waals surface area contributed by atoms with E-state index in [0.29, 0.717) is 19.6 Å². The first-order valence-electron chi connectivity index (χ1n) is 9.60. The number of hydrogen-bond donors (Lipinski definition) is 1. The number of carbonyl (C=O) groups is 1. The lowest BCUT2D eigenvalue weighted by Crippen LogP contribution is -2.43. The maximum Gasteiger partial charge on any atom is 0.245 e. The number of hydrogen-bond acceptors (Lipinski definition) is 4. The highest BCUT2D eigenvalue weighted by Gasteiger charge is 2.35.